The summed E-state index contributed by atoms with van der Waals surface area (Å²) in [5.74, 6) is 0.724. The van der Waals surface area contributed by atoms with E-state index >= 15 is 0 Å². The maximum absolute atomic E-state index is 5.84. The van der Waals surface area contributed by atoms with Gasteiger partial charge in [0.1, 0.15) is 0 Å². The van der Waals surface area contributed by atoms with Crippen LogP contribution >= 0.6 is 15.9 Å². The zero-order valence-electron chi connectivity index (χ0n) is 11.0. The van der Waals surface area contributed by atoms with Gasteiger partial charge in [0.25, 0.3) is 0 Å². The normalized spacial score (nSPS) is 18.6. The summed E-state index contributed by atoms with van der Waals surface area (Å²) in [6, 6.07) is 5.62. The van der Waals surface area contributed by atoms with Crippen LogP contribution in [0.15, 0.2) is 22.7 Å². The molecule has 1 unspecified atom stereocenters. The Morgan fingerprint density at radius 2 is 2.35 bits per heavy atom. The molecule has 2 N–H and O–H groups in total. The van der Waals surface area contributed by atoms with E-state index in [1.165, 1.54) is 0 Å². The molecule has 20 heavy (non-hydrogen) atoms. The summed E-state index contributed by atoms with van der Waals surface area (Å²) in [7, 11) is 0. The van der Waals surface area contributed by atoms with E-state index in [0.29, 0.717) is 11.8 Å². The van der Waals surface area contributed by atoms with Gasteiger partial charge in [0.2, 0.25) is 0 Å². The monoisotopic (exact) mass is 337 g/mol. The van der Waals surface area contributed by atoms with Crippen molar-refractivity contribution in [2.75, 3.05) is 12.3 Å². The van der Waals surface area contributed by atoms with Crippen LogP contribution in [0.5, 0.6) is 0 Å². The Bertz CT molecular complexity index is 594. The van der Waals surface area contributed by atoms with Gasteiger partial charge in [0.15, 0.2) is 5.82 Å². The molecule has 2 aromatic rings. The lowest BCUT2D eigenvalue weighted by molar-refractivity contribution is 0.0994. The van der Waals surface area contributed by atoms with Crippen molar-refractivity contribution < 1.29 is 4.74 Å². The minimum atomic E-state index is 0.330. The number of aryl methyl sites for hydroxylation is 1. The Morgan fingerprint density at radius 1 is 1.45 bits per heavy atom. The topological polar surface area (TPSA) is 78.9 Å². The molecule has 6 nitrogen and oxygen atoms in total. The molecule has 3 rings (SSSR count). The van der Waals surface area contributed by atoms with Crippen molar-refractivity contribution in [3.8, 4) is 11.4 Å². The number of benzene rings is 1. The second-order valence-electron chi connectivity index (χ2n) is 4.89. The Balaban J connectivity index is 1.80. The molecule has 1 aliphatic heterocycles. The zero-order chi connectivity index (χ0) is 13.9. The van der Waals surface area contributed by atoms with Gasteiger partial charge in [-0.1, -0.05) is 15.9 Å². The first-order chi connectivity index (χ1) is 9.74. The number of tetrazole rings is 1. The van der Waals surface area contributed by atoms with E-state index in [1.807, 2.05) is 18.2 Å². The molecule has 0 bridgehead atoms. The molecule has 1 aromatic heterocycles. The van der Waals surface area contributed by atoms with Crippen molar-refractivity contribution >= 4 is 21.6 Å². The van der Waals surface area contributed by atoms with E-state index in [0.717, 1.165) is 48.3 Å². The van der Waals surface area contributed by atoms with Gasteiger partial charge in [0, 0.05) is 28.9 Å². The minimum Gasteiger partial charge on any atom is -0.399 e. The summed E-state index contributed by atoms with van der Waals surface area (Å²) in [6.07, 6.45) is 3.53. The summed E-state index contributed by atoms with van der Waals surface area (Å²) in [5, 5.41) is 11.9. The molecule has 1 aliphatic rings. The molecular weight excluding hydrogens is 322 g/mol. The molecule has 1 aromatic carbocycles. The van der Waals surface area contributed by atoms with E-state index in [2.05, 4.69) is 31.5 Å². The van der Waals surface area contributed by atoms with Gasteiger partial charge in [-0.25, -0.2) is 4.68 Å². The predicted octanol–water partition coefficient (Wildman–Crippen LogP) is 2.25. The van der Waals surface area contributed by atoms with Crippen molar-refractivity contribution in [3.63, 3.8) is 0 Å². The molecule has 0 spiro atoms. The van der Waals surface area contributed by atoms with Crippen molar-refractivity contribution in [2.45, 2.75) is 31.9 Å². The molecule has 1 atom stereocenters. The van der Waals surface area contributed by atoms with Gasteiger partial charge in [-0.05, 0) is 47.9 Å². The summed E-state index contributed by atoms with van der Waals surface area (Å²) in [6.45, 7) is 1.61. The van der Waals surface area contributed by atoms with Crippen molar-refractivity contribution in [1.29, 1.82) is 0 Å². The van der Waals surface area contributed by atoms with Crippen LogP contribution in [0.1, 0.15) is 19.3 Å². The van der Waals surface area contributed by atoms with Gasteiger partial charge < -0.3 is 10.5 Å². The molecule has 0 radical (unpaired) electrons. The minimum absolute atomic E-state index is 0.330. The van der Waals surface area contributed by atoms with Gasteiger partial charge in [-0.2, -0.15) is 0 Å². The Hall–Kier alpha value is -1.47. The number of hydrogen-bond donors (Lipinski definition) is 1. The van der Waals surface area contributed by atoms with Crippen LogP contribution in [0, 0.1) is 0 Å². The van der Waals surface area contributed by atoms with Crippen molar-refractivity contribution in [1.82, 2.24) is 20.2 Å². The number of nitrogen functional groups attached to an aromatic ring is 1. The molecule has 1 fully saturated rings. The van der Waals surface area contributed by atoms with Gasteiger partial charge in [-0.3, -0.25) is 0 Å². The number of anilines is 1. The average molecular weight is 338 g/mol. The number of rotatable bonds is 4. The molecule has 0 saturated carbocycles. The maximum atomic E-state index is 5.84. The highest BCUT2D eigenvalue weighted by molar-refractivity contribution is 9.10. The molecule has 0 aliphatic carbocycles. The number of nitrogens with two attached hydrogens (primary N) is 1. The fourth-order valence-corrected chi connectivity index (χ4v) is 2.82. The highest BCUT2D eigenvalue weighted by Crippen LogP contribution is 2.28. The zero-order valence-corrected chi connectivity index (χ0v) is 12.6. The van der Waals surface area contributed by atoms with Crippen LogP contribution in [0.3, 0.4) is 0 Å². The smallest absolute Gasteiger partial charge is 0.183 e. The molecule has 106 valence electrons. The summed E-state index contributed by atoms with van der Waals surface area (Å²) >= 11 is 3.51. The lowest BCUT2D eigenvalue weighted by Gasteiger charge is -2.10. The number of hydrogen-bond acceptors (Lipinski definition) is 5. The van der Waals surface area contributed by atoms with E-state index in [9.17, 15) is 0 Å². The van der Waals surface area contributed by atoms with Gasteiger partial charge in [-0.15, -0.1) is 5.10 Å². The van der Waals surface area contributed by atoms with Gasteiger partial charge >= 0.3 is 0 Å². The maximum Gasteiger partial charge on any atom is 0.183 e. The SMILES string of the molecule is Nc1ccc(Br)c(-c2nnnn2CCC2CCCO2)c1. The molecule has 0 amide bonds. The fraction of sp³-hybridized carbons (Fsp3) is 0.462. The Morgan fingerprint density at radius 3 is 3.15 bits per heavy atom. The summed E-state index contributed by atoms with van der Waals surface area (Å²) in [5.41, 5.74) is 7.43. The number of nitrogens with zero attached hydrogens (tertiary/aromatic N) is 4. The van der Waals surface area contributed by atoms with Crippen molar-refractivity contribution in [3.05, 3.63) is 22.7 Å². The lowest BCUT2D eigenvalue weighted by atomic mass is 10.1. The molecule has 2 heterocycles. The van der Waals surface area contributed by atoms with E-state index in [-0.39, 0.29) is 0 Å². The number of aromatic nitrogens is 4. The first-order valence-electron chi connectivity index (χ1n) is 6.67. The average Bonchev–Trinajstić information content (AvgIpc) is 3.09. The highest BCUT2D eigenvalue weighted by atomic mass is 79.9. The van der Waals surface area contributed by atoms with Crippen LogP contribution in [0.25, 0.3) is 11.4 Å². The Kier molecular flexibility index (Phi) is 3.98. The van der Waals surface area contributed by atoms with E-state index in [1.54, 1.807) is 4.68 Å². The van der Waals surface area contributed by atoms with Crippen LogP contribution in [0.4, 0.5) is 5.69 Å². The number of halogens is 1. The quantitative estimate of drug-likeness (QED) is 0.865. The van der Waals surface area contributed by atoms with Crippen molar-refractivity contribution in [2.24, 2.45) is 0 Å². The van der Waals surface area contributed by atoms with Crippen LogP contribution < -0.4 is 5.73 Å². The standard InChI is InChI=1S/C13H16BrN5O/c14-12-4-3-9(15)8-11(12)13-16-17-18-19(13)6-5-10-2-1-7-20-10/h3-4,8,10H,1-2,5-7,15H2. The largest absolute Gasteiger partial charge is 0.399 e. The fourth-order valence-electron chi connectivity index (χ4n) is 2.40. The molecular formula is C13H16BrN5O. The first kappa shape index (κ1) is 13.5. The summed E-state index contributed by atoms with van der Waals surface area (Å²) in [4.78, 5) is 0. The number of ether oxygens (including phenoxy) is 1. The predicted molar refractivity (Wildman–Crippen MR) is 79.0 cm³/mol. The van der Waals surface area contributed by atoms with Gasteiger partial charge in [0.05, 0.1) is 6.10 Å². The third kappa shape index (κ3) is 2.83. The van der Waals surface area contributed by atoms with Crippen LogP contribution in [0.2, 0.25) is 0 Å². The second-order valence-corrected chi connectivity index (χ2v) is 5.74. The molecule has 1 saturated heterocycles. The van der Waals surface area contributed by atoms with E-state index < -0.39 is 0 Å². The third-order valence-electron chi connectivity index (χ3n) is 3.45. The first-order valence-corrected chi connectivity index (χ1v) is 7.46. The Labute approximate surface area is 125 Å². The third-order valence-corrected chi connectivity index (χ3v) is 4.14. The van der Waals surface area contributed by atoms with E-state index in [4.69, 9.17) is 10.5 Å². The lowest BCUT2D eigenvalue weighted by Crippen LogP contribution is -2.12. The van der Waals surface area contributed by atoms with Crippen LogP contribution in [-0.2, 0) is 11.3 Å². The second kappa shape index (κ2) is 5.88. The molecule has 7 heteroatoms. The highest BCUT2D eigenvalue weighted by Gasteiger charge is 2.18. The summed E-state index contributed by atoms with van der Waals surface area (Å²) < 4.78 is 8.37. The van der Waals surface area contributed by atoms with Crippen LogP contribution in [-0.4, -0.2) is 32.9 Å².